The lowest BCUT2D eigenvalue weighted by Gasteiger charge is -2.22. The zero-order valence-electron chi connectivity index (χ0n) is 11.6. The zero-order chi connectivity index (χ0) is 13.5. The maximum absolute atomic E-state index is 11.9. The number of hydrogen-bond acceptors (Lipinski definition) is 2. The number of amides is 2. The van der Waals surface area contributed by atoms with E-state index in [1.165, 1.54) is 0 Å². The number of methoxy groups -OCH3 is 1. The van der Waals surface area contributed by atoms with E-state index in [9.17, 15) is 4.79 Å². The summed E-state index contributed by atoms with van der Waals surface area (Å²) in [5.41, 5.74) is 1.07. The molecule has 0 saturated carbocycles. The van der Waals surface area contributed by atoms with Crippen LogP contribution in [0.1, 0.15) is 32.4 Å². The van der Waals surface area contributed by atoms with Gasteiger partial charge in [-0.15, -0.1) is 0 Å². The molecule has 1 rings (SSSR count). The number of carbonyl (C=O) groups is 1. The van der Waals surface area contributed by atoms with E-state index >= 15 is 0 Å². The third-order valence-electron chi connectivity index (χ3n) is 3.01. The summed E-state index contributed by atoms with van der Waals surface area (Å²) in [7, 11) is 1.64. The van der Waals surface area contributed by atoms with Crippen molar-refractivity contribution < 1.29 is 9.53 Å². The third-order valence-corrected chi connectivity index (χ3v) is 3.01. The van der Waals surface area contributed by atoms with Crippen molar-refractivity contribution in [2.45, 2.75) is 26.8 Å². The van der Waals surface area contributed by atoms with E-state index in [0.717, 1.165) is 24.4 Å². The Balaban J connectivity index is 2.63. The van der Waals surface area contributed by atoms with Gasteiger partial charge in [0.1, 0.15) is 5.75 Å². The van der Waals surface area contributed by atoms with Crippen molar-refractivity contribution in [2.24, 2.45) is 0 Å². The SMILES string of the molecule is CCN(CC)C(=O)NC(C)c1ccc(OC)cc1. The fraction of sp³-hybridized carbons (Fsp3) is 0.500. The maximum Gasteiger partial charge on any atom is 0.317 e. The van der Waals surface area contributed by atoms with Crippen molar-refractivity contribution in [3.8, 4) is 5.75 Å². The first-order valence-electron chi connectivity index (χ1n) is 6.31. The molecule has 0 saturated heterocycles. The normalized spacial score (nSPS) is 11.8. The van der Waals surface area contributed by atoms with Crippen LogP contribution in [0.25, 0.3) is 0 Å². The van der Waals surface area contributed by atoms with E-state index in [4.69, 9.17) is 4.74 Å². The van der Waals surface area contributed by atoms with Crippen LogP contribution in [-0.2, 0) is 0 Å². The Morgan fingerprint density at radius 3 is 2.28 bits per heavy atom. The average molecular weight is 250 g/mol. The van der Waals surface area contributed by atoms with Crippen molar-refractivity contribution in [2.75, 3.05) is 20.2 Å². The van der Waals surface area contributed by atoms with Gasteiger partial charge < -0.3 is 15.0 Å². The van der Waals surface area contributed by atoms with Crippen molar-refractivity contribution in [1.82, 2.24) is 10.2 Å². The summed E-state index contributed by atoms with van der Waals surface area (Å²) in [6.07, 6.45) is 0. The van der Waals surface area contributed by atoms with Crippen LogP contribution in [0.2, 0.25) is 0 Å². The lowest BCUT2D eigenvalue weighted by atomic mass is 10.1. The second-order valence-corrected chi connectivity index (χ2v) is 4.12. The molecule has 1 unspecified atom stereocenters. The molecular weight excluding hydrogens is 228 g/mol. The number of urea groups is 1. The van der Waals surface area contributed by atoms with Crippen LogP contribution in [-0.4, -0.2) is 31.1 Å². The summed E-state index contributed by atoms with van der Waals surface area (Å²) in [6, 6.07) is 7.69. The molecule has 0 aliphatic rings. The van der Waals surface area contributed by atoms with Crippen LogP contribution in [0.5, 0.6) is 5.75 Å². The first-order valence-corrected chi connectivity index (χ1v) is 6.31. The summed E-state index contributed by atoms with van der Waals surface area (Å²) in [4.78, 5) is 13.7. The van der Waals surface area contributed by atoms with Gasteiger partial charge in [-0.2, -0.15) is 0 Å². The van der Waals surface area contributed by atoms with Gasteiger partial charge in [0.2, 0.25) is 0 Å². The van der Waals surface area contributed by atoms with Gasteiger partial charge in [0, 0.05) is 13.1 Å². The minimum absolute atomic E-state index is 0.0102. The van der Waals surface area contributed by atoms with Gasteiger partial charge in [0.25, 0.3) is 0 Å². The summed E-state index contributed by atoms with van der Waals surface area (Å²) in [6.45, 7) is 7.36. The molecule has 0 bridgehead atoms. The van der Waals surface area contributed by atoms with Crippen LogP contribution in [0.4, 0.5) is 4.79 Å². The lowest BCUT2D eigenvalue weighted by Crippen LogP contribution is -2.40. The molecule has 0 aliphatic heterocycles. The second-order valence-electron chi connectivity index (χ2n) is 4.12. The molecule has 1 aromatic carbocycles. The topological polar surface area (TPSA) is 41.6 Å². The molecule has 4 nitrogen and oxygen atoms in total. The number of benzene rings is 1. The first kappa shape index (κ1) is 14.4. The molecule has 0 aromatic heterocycles. The average Bonchev–Trinajstić information content (AvgIpc) is 2.40. The van der Waals surface area contributed by atoms with E-state index in [2.05, 4.69) is 5.32 Å². The number of ether oxygens (including phenoxy) is 1. The highest BCUT2D eigenvalue weighted by molar-refractivity contribution is 5.74. The van der Waals surface area contributed by atoms with Crippen LogP contribution in [0, 0.1) is 0 Å². The van der Waals surface area contributed by atoms with Crippen molar-refractivity contribution in [1.29, 1.82) is 0 Å². The standard InChI is InChI=1S/C14H22N2O2/c1-5-16(6-2)14(17)15-11(3)12-7-9-13(18-4)10-8-12/h7-11H,5-6H2,1-4H3,(H,15,17). The van der Waals surface area contributed by atoms with Gasteiger partial charge in [-0.05, 0) is 38.5 Å². The molecule has 0 heterocycles. The number of nitrogens with one attached hydrogen (secondary N) is 1. The summed E-state index contributed by atoms with van der Waals surface area (Å²) in [5.74, 6) is 0.820. The highest BCUT2D eigenvalue weighted by Crippen LogP contribution is 2.17. The van der Waals surface area contributed by atoms with Crippen LogP contribution < -0.4 is 10.1 Å². The van der Waals surface area contributed by atoms with Crippen molar-refractivity contribution >= 4 is 6.03 Å². The molecule has 2 amide bonds. The molecule has 100 valence electrons. The molecule has 0 spiro atoms. The quantitative estimate of drug-likeness (QED) is 0.873. The highest BCUT2D eigenvalue weighted by Gasteiger charge is 2.13. The zero-order valence-corrected chi connectivity index (χ0v) is 11.6. The molecule has 1 atom stereocenters. The predicted octanol–water partition coefficient (Wildman–Crippen LogP) is 2.81. The third kappa shape index (κ3) is 3.65. The van der Waals surface area contributed by atoms with Gasteiger partial charge in [0.05, 0.1) is 13.2 Å². The van der Waals surface area contributed by atoms with Crippen LogP contribution in [0.15, 0.2) is 24.3 Å². The Hall–Kier alpha value is -1.71. The van der Waals surface area contributed by atoms with Gasteiger partial charge in [-0.3, -0.25) is 0 Å². The first-order chi connectivity index (χ1) is 8.62. The molecular formula is C14H22N2O2. The predicted molar refractivity (Wildman–Crippen MR) is 72.9 cm³/mol. The molecule has 18 heavy (non-hydrogen) atoms. The fourth-order valence-electron chi connectivity index (χ4n) is 1.76. The van der Waals surface area contributed by atoms with Crippen molar-refractivity contribution in [3.05, 3.63) is 29.8 Å². The highest BCUT2D eigenvalue weighted by atomic mass is 16.5. The second kappa shape index (κ2) is 6.89. The molecule has 4 heteroatoms. The van der Waals surface area contributed by atoms with E-state index in [0.29, 0.717) is 0 Å². The summed E-state index contributed by atoms with van der Waals surface area (Å²) >= 11 is 0. The van der Waals surface area contributed by atoms with Gasteiger partial charge in [-0.25, -0.2) is 4.79 Å². The Bertz CT molecular complexity index is 372. The van der Waals surface area contributed by atoms with Crippen LogP contribution >= 0.6 is 0 Å². The summed E-state index contributed by atoms with van der Waals surface area (Å²) < 4.78 is 5.11. The molecule has 0 fully saturated rings. The molecule has 1 aromatic rings. The smallest absolute Gasteiger partial charge is 0.317 e. The maximum atomic E-state index is 11.9. The molecule has 0 aliphatic carbocycles. The van der Waals surface area contributed by atoms with Gasteiger partial charge in [-0.1, -0.05) is 12.1 Å². The monoisotopic (exact) mass is 250 g/mol. The summed E-state index contributed by atoms with van der Waals surface area (Å²) in [5, 5.41) is 2.98. The Labute approximate surface area is 109 Å². The minimum Gasteiger partial charge on any atom is -0.497 e. The van der Waals surface area contributed by atoms with E-state index in [1.54, 1.807) is 12.0 Å². The molecule has 1 N–H and O–H groups in total. The largest absolute Gasteiger partial charge is 0.497 e. The number of rotatable bonds is 5. The number of nitrogens with zero attached hydrogens (tertiary/aromatic N) is 1. The van der Waals surface area contributed by atoms with E-state index < -0.39 is 0 Å². The Morgan fingerprint density at radius 2 is 1.83 bits per heavy atom. The lowest BCUT2D eigenvalue weighted by molar-refractivity contribution is 0.200. The number of carbonyl (C=O) groups excluding carboxylic acids is 1. The Kier molecular flexibility index (Phi) is 5.49. The minimum atomic E-state index is -0.0247. The van der Waals surface area contributed by atoms with Crippen molar-refractivity contribution in [3.63, 3.8) is 0 Å². The van der Waals surface area contributed by atoms with Gasteiger partial charge in [0.15, 0.2) is 0 Å². The van der Waals surface area contributed by atoms with E-state index in [-0.39, 0.29) is 12.1 Å². The fourth-order valence-corrected chi connectivity index (χ4v) is 1.76. The molecule has 0 radical (unpaired) electrons. The Morgan fingerprint density at radius 1 is 1.28 bits per heavy atom. The van der Waals surface area contributed by atoms with E-state index in [1.807, 2.05) is 45.0 Å². The van der Waals surface area contributed by atoms with Crippen LogP contribution in [0.3, 0.4) is 0 Å². The van der Waals surface area contributed by atoms with Gasteiger partial charge >= 0.3 is 6.03 Å². The number of hydrogen-bond donors (Lipinski definition) is 1.